The maximum absolute atomic E-state index is 12.2. The van der Waals surface area contributed by atoms with Crippen molar-refractivity contribution < 1.29 is 14.4 Å². The summed E-state index contributed by atoms with van der Waals surface area (Å²) in [6, 6.07) is 12.1. The average molecular weight is 452 g/mol. The Bertz CT molecular complexity index is 853. The number of nitrogens with one attached hydrogen (secondary N) is 1. The van der Waals surface area contributed by atoms with E-state index in [-0.39, 0.29) is 37.0 Å². The molecule has 2 rings (SSSR count). The van der Waals surface area contributed by atoms with E-state index in [2.05, 4.69) is 21.2 Å². The topological polar surface area (TPSA) is 66.5 Å². The number of likely N-dealkylation sites (N-methyl/N-ethyl adjacent to an activating group) is 1. The van der Waals surface area contributed by atoms with Crippen molar-refractivity contribution in [1.82, 2.24) is 4.90 Å². The van der Waals surface area contributed by atoms with Gasteiger partial charge in [0.2, 0.25) is 11.8 Å². The minimum atomic E-state index is -0.291. The molecule has 0 aliphatic heterocycles. The first-order valence-electron chi connectivity index (χ1n) is 8.35. The summed E-state index contributed by atoms with van der Waals surface area (Å²) in [5.41, 5.74) is 2.13. The number of carbonyl (C=O) groups excluding carboxylic acids is 3. The molecule has 0 fully saturated rings. The van der Waals surface area contributed by atoms with Crippen LogP contribution >= 0.6 is 27.5 Å². The van der Waals surface area contributed by atoms with Gasteiger partial charge >= 0.3 is 0 Å². The molecule has 27 heavy (non-hydrogen) atoms. The zero-order chi connectivity index (χ0) is 20.0. The molecule has 2 aromatic rings. The van der Waals surface area contributed by atoms with E-state index in [0.29, 0.717) is 16.3 Å². The number of rotatable bonds is 7. The van der Waals surface area contributed by atoms with E-state index in [1.807, 2.05) is 19.1 Å². The predicted molar refractivity (Wildman–Crippen MR) is 110 cm³/mol. The molecule has 142 valence electrons. The Kier molecular flexibility index (Phi) is 7.56. The summed E-state index contributed by atoms with van der Waals surface area (Å²) in [6.45, 7) is 1.81. The van der Waals surface area contributed by atoms with E-state index >= 15 is 0 Å². The Labute approximate surface area is 171 Å². The van der Waals surface area contributed by atoms with Crippen molar-refractivity contribution in [3.8, 4) is 0 Å². The third kappa shape index (κ3) is 6.48. The average Bonchev–Trinajstić information content (AvgIpc) is 2.62. The van der Waals surface area contributed by atoms with Crippen molar-refractivity contribution in [3.63, 3.8) is 0 Å². The van der Waals surface area contributed by atoms with Crippen LogP contribution in [0.4, 0.5) is 5.69 Å². The maximum Gasteiger partial charge on any atom is 0.243 e. The van der Waals surface area contributed by atoms with Gasteiger partial charge in [0.25, 0.3) is 0 Å². The molecule has 0 atom stereocenters. The zero-order valence-electron chi connectivity index (χ0n) is 15.1. The van der Waals surface area contributed by atoms with Crippen LogP contribution in [0.5, 0.6) is 0 Å². The molecule has 0 heterocycles. The van der Waals surface area contributed by atoms with Gasteiger partial charge in [0.15, 0.2) is 5.78 Å². The smallest absolute Gasteiger partial charge is 0.243 e. The number of ketones is 1. The molecular weight excluding hydrogens is 432 g/mol. The molecule has 0 spiro atoms. The first kappa shape index (κ1) is 21.1. The van der Waals surface area contributed by atoms with Crippen LogP contribution in [-0.2, 0) is 9.59 Å². The Hall–Kier alpha value is -2.18. The minimum Gasteiger partial charge on any atom is -0.336 e. The maximum atomic E-state index is 12.2. The molecule has 0 saturated carbocycles. The molecule has 2 aromatic carbocycles. The third-order valence-corrected chi connectivity index (χ3v) is 4.75. The second-order valence-electron chi connectivity index (χ2n) is 6.19. The van der Waals surface area contributed by atoms with Crippen molar-refractivity contribution in [3.05, 3.63) is 63.1 Å². The summed E-state index contributed by atoms with van der Waals surface area (Å²) in [7, 11) is 1.54. The largest absolute Gasteiger partial charge is 0.336 e. The number of benzene rings is 2. The van der Waals surface area contributed by atoms with Crippen LogP contribution in [0, 0.1) is 6.92 Å². The van der Waals surface area contributed by atoms with Crippen LogP contribution in [0.15, 0.2) is 46.9 Å². The third-order valence-electron chi connectivity index (χ3n) is 4.00. The van der Waals surface area contributed by atoms with Gasteiger partial charge in [-0.25, -0.2) is 0 Å². The molecule has 5 nitrogen and oxygen atoms in total. The molecule has 0 aliphatic carbocycles. The predicted octanol–water partition coefficient (Wildman–Crippen LogP) is 4.47. The van der Waals surface area contributed by atoms with Gasteiger partial charge < -0.3 is 10.2 Å². The van der Waals surface area contributed by atoms with Gasteiger partial charge in [-0.05, 0) is 55.0 Å². The minimum absolute atomic E-state index is 0.0442. The number of Topliss-reactive ketones (excluding diaryl/α,β-unsaturated/α-hetero) is 1. The summed E-state index contributed by atoms with van der Waals surface area (Å²) >= 11 is 9.17. The van der Waals surface area contributed by atoms with Crippen molar-refractivity contribution in [2.45, 2.75) is 19.8 Å². The SMILES string of the molecule is Cc1cc(Br)ccc1NC(=O)CN(C)C(=O)CCC(=O)c1ccc(Cl)cc1. The highest BCUT2D eigenvalue weighted by molar-refractivity contribution is 9.10. The molecule has 2 amide bonds. The second kappa shape index (κ2) is 9.67. The van der Waals surface area contributed by atoms with Crippen LogP contribution in [0.2, 0.25) is 5.02 Å². The van der Waals surface area contributed by atoms with Crippen molar-refractivity contribution >= 4 is 50.8 Å². The molecule has 0 radical (unpaired) electrons. The van der Waals surface area contributed by atoms with Gasteiger partial charge in [-0.1, -0.05) is 27.5 Å². The van der Waals surface area contributed by atoms with Gasteiger partial charge in [-0.2, -0.15) is 0 Å². The first-order valence-corrected chi connectivity index (χ1v) is 9.52. The van der Waals surface area contributed by atoms with E-state index in [4.69, 9.17) is 11.6 Å². The zero-order valence-corrected chi connectivity index (χ0v) is 17.4. The Morgan fingerprint density at radius 3 is 2.37 bits per heavy atom. The van der Waals surface area contributed by atoms with Crippen molar-refractivity contribution in [2.24, 2.45) is 0 Å². The monoisotopic (exact) mass is 450 g/mol. The highest BCUT2D eigenvalue weighted by atomic mass is 79.9. The van der Waals surface area contributed by atoms with Crippen LogP contribution in [0.25, 0.3) is 0 Å². The normalized spacial score (nSPS) is 10.4. The lowest BCUT2D eigenvalue weighted by Gasteiger charge is -2.17. The molecule has 7 heteroatoms. The molecular formula is C20H20BrClN2O3. The number of anilines is 1. The Morgan fingerprint density at radius 1 is 1.07 bits per heavy atom. The molecule has 0 bridgehead atoms. The molecule has 1 N–H and O–H groups in total. The summed E-state index contributed by atoms with van der Waals surface area (Å²) in [5, 5.41) is 3.34. The number of halogens is 2. The Morgan fingerprint density at radius 2 is 1.74 bits per heavy atom. The van der Waals surface area contributed by atoms with Gasteiger partial charge in [-0.3, -0.25) is 14.4 Å². The highest BCUT2D eigenvalue weighted by Gasteiger charge is 2.16. The van der Waals surface area contributed by atoms with E-state index in [1.165, 1.54) is 4.90 Å². The van der Waals surface area contributed by atoms with Crippen molar-refractivity contribution in [1.29, 1.82) is 0 Å². The molecule has 0 saturated heterocycles. The fourth-order valence-corrected chi connectivity index (χ4v) is 3.05. The summed E-state index contributed by atoms with van der Waals surface area (Å²) in [6.07, 6.45) is 0.126. The van der Waals surface area contributed by atoms with E-state index in [1.54, 1.807) is 37.4 Å². The number of amides is 2. The van der Waals surface area contributed by atoms with E-state index < -0.39 is 0 Å². The van der Waals surface area contributed by atoms with Gasteiger partial charge in [0.05, 0.1) is 6.54 Å². The number of hydrogen-bond acceptors (Lipinski definition) is 3. The quantitative estimate of drug-likeness (QED) is 0.632. The van der Waals surface area contributed by atoms with E-state index in [0.717, 1.165) is 10.0 Å². The van der Waals surface area contributed by atoms with Gasteiger partial charge in [0, 0.05) is 40.6 Å². The number of nitrogens with zero attached hydrogens (tertiary/aromatic N) is 1. The van der Waals surface area contributed by atoms with E-state index in [9.17, 15) is 14.4 Å². The molecule has 0 aliphatic rings. The number of carbonyl (C=O) groups is 3. The van der Waals surface area contributed by atoms with Crippen LogP contribution < -0.4 is 5.32 Å². The lowest BCUT2D eigenvalue weighted by atomic mass is 10.1. The lowest BCUT2D eigenvalue weighted by molar-refractivity contribution is -0.133. The van der Waals surface area contributed by atoms with Gasteiger partial charge in [-0.15, -0.1) is 0 Å². The summed E-state index contributed by atoms with van der Waals surface area (Å²) in [5.74, 6) is -0.691. The molecule has 0 unspecified atom stereocenters. The molecule has 0 aromatic heterocycles. The van der Waals surface area contributed by atoms with Crippen LogP contribution in [0.1, 0.15) is 28.8 Å². The fraction of sp³-hybridized carbons (Fsp3) is 0.250. The van der Waals surface area contributed by atoms with Crippen LogP contribution in [-0.4, -0.2) is 36.1 Å². The number of hydrogen-bond donors (Lipinski definition) is 1. The lowest BCUT2D eigenvalue weighted by Crippen LogP contribution is -2.35. The van der Waals surface area contributed by atoms with Gasteiger partial charge in [0.1, 0.15) is 0 Å². The summed E-state index contributed by atoms with van der Waals surface area (Å²) in [4.78, 5) is 37.8. The highest BCUT2D eigenvalue weighted by Crippen LogP contribution is 2.20. The first-order chi connectivity index (χ1) is 12.8. The van der Waals surface area contributed by atoms with Crippen molar-refractivity contribution in [2.75, 3.05) is 18.9 Å². The standard InChI is InChI=1S/C20H20BrClN2O3/c1-13-11-15(21)5-8-17(13)23-19(26)12-24(2)20(27)10-9-18(25)14-3-6-16(22)7-4-14/h3-8,11H,9-10,12H2,1-2H3,(H,23,26). The summed E-state index contributed by atoms with van der Waals surface area (Å²) < 4.78 is 0.927. The number of aryl methyl sites for hydroxylation is 1. The second-order valence-corrected chi connectivity index (χ2v) is 7.54. The fourth-order valence-electron chi connectivity index (χ4n) is 2.45. The van der Waals surface area contributed by atoms with Crippen LogP contribution in [0.3, 0.4) is 0 Å². The Balaban J connectivity index is 1.83.